The summed E-state index contributed by atoms with van der Waals surface area (Å²) in [5.41, 5.74) is 3.61. The molecule has 39 heavy (non-hydrogen) atoms. The number of rotatable bonds is 7. The van der Waals surface area contributed by atoms with Crippen molar-refractivity contribution >= 4 is 22.8 Å². The van der Waals surface area contributed by atoms with E-state index >= 15 is 0 Å². The number of carbonyl (C=O) groups excluding carboxylic acids is 2. The second kappa shape index (κ2) is 10.2. The number of carbonyl (C=O) groups is 2. The van der Waals surface area contributed by atoms with Crippen LogP contribution in [0.25, 0.3) is 11.0 Å². The number of nitrogens with zero attached hydrogens (tertiary/aromatic N) is 3. The number of nitrogens with one attached hydrogen (secondary N) is 1. The number of hydrogen-bond acceptors (Lipinski definition) is 3. The second-order valence-electron chi connectivity index (χ2n) is 10.6. The number of hydrogen-bond donors (Lipinski definition) is 1. The number of alkyl halides is 1. The molecule has 2 fully saturated rings. The van der Waals surface area contributed by atoms with Crippen LogP contribution in [0.5, 0.6) is 0 Å². The molecule has 4 aromatic rings. The van der Waals surface area contributed by atoms with Crippen molar-refractivity contribution < 1.29 is 18.4 Å². The Morgan fingerprint density at radius 2 is 1.74 bits per heavy atom. The molecule has 4 atom stereocenters. The van der Waals surface area contributed by atoms with E-state index in [1.807, 2.05) is 60.7 Å². The van der Waals surface area contributed by atoms with Crippen molar-refractivity contribution in [2.45, 2.75) is 56.4 Å². The number of aromatic nitrogens is 2. The van der Waals surface area contributed by atoms with E-state index < -0.39 is 30.2 Å². The molecule has 2 heterocycles. The number of likely N-dealkylation sites (tertiary alicyclic amines) is 1. The van der Waals surface area contributed by atoms with Crippen LogP contribution in [0.1, 0.15) is 60.9 Å². The van der Waals surface area contributed by atoms with Gasteiger partial charge in [-0.2, -0.15) is 0 Å². The first-order valence-corrected chi connectivity index (χ1v) is 13.4. The van der Waals surface area contributed by atoms with Gasteiger partial charge in [-0.15, -0.1) is 0 Å². The fourth-order valence-corrected chi connectivity index (χ4v) is 5.61. The zero-order valence-electron chi connectivity index (χ0n) is 21.6. The van der Waals surface area contributed by atoms with Gasteiger partial charge in [-0.1, -0.05) is 54.6 Å². The predicted octanol–water partition coefficient (Wildman–Crippen LogP) is 5.46. The molecule has 0 radical (unpaired) electrons. The average Bonchev–Trinajstić information content (AvgIpc) is 3.58. The summed E-state index contributed by atoms with van der Waals surface area (Å²) in [6.07, 6.45) is 2.15. The van der Waals surface area contributed by atoms with Crippen LogP contribution in [0, 0.1) is 5.82 Å². The van der Waals surface area contributed by atoms with Gasteiger partial charge >= 0.3 is 0 Å². The Labute approximate surface area is 225 Å². The fraction of sp³-hybridized carbons (Fsp3) is 0.323. The number of amides is 2. The van der Waals surface area contributed by atoms with Gasteiger partial charge in [0.2, 0.25) is 11.8 Å². The SMILES string of the molecule is CC(C(=O)N1C[C@H](F)CC1C(=O)N[C@@H](c1ccccc1)c1ccc(C2CC2)c(F)c1)n1cnc2ccccc21. The summed E-state index contributed by atoms with van der Waals surface area (Å²) in [6, 6.07) is 19.6. The minimum Gasteiger partial charge on any atom is -0.343 e. The van der Waals surface area contributed by atoms with Crippen LogP contribution in [0.3, 0.4) is 0 Å². The van der Waals surface area contributed by atoms with E-state index in [1.54, 1.807) is 23.9 Å². The van der Waals surface area contributed by atoms with E-state index in [2.05, 4.69) is 10.3 Å². The van der Waals surface area contributed by atoms with Crippen molar-refractivity contribution in [3.05, 3.63) is 102 Å². The smallest absolute Gasteiger partial charge is 0.246 e. The number of imidazole rings is 1. The molecule has 2 unspecified atom stereocenters. The molecule has 1 saturated heterocycles. The third kappa shape index (κ3) is 4.91. The van der Waals surface area contributed by atoms with Crippen molar-refractivity contribution in [1.82, 2.24) is 19.8 Å². The van der Waals surface area contributed by atoms with Gasteiger partial charge in [0.25, 0.3) is 0 Å². The van der Waals surface area contributed by atoms with Crippen LogP contribution in [-0.2, 0) is 9.59 Å². The monoisotopic (exact) mass is 528 g/mol. The Morgan fingerprint density at radius 3 is 2.49 bits per heavy atom. The molecule has 200 valence electrons. The van der Waals surface area contributed by atoms with E-state index in [9.17, 15) is 18.4 Å². The molecule has 2 amide bonds. The van der Waals surface area contributed by atoms with Crippen molar-refractivity contribution in [3.63, 3.8) is 0 Å². The maximum absolute atomic E-state index is 15.0. The molecule has 0 bridgehead atoms. The fourth-order valence-electron chi connectivity index (χ4n) is 5.61. The van der Waals surface area contributed by atoms with Gasteiger partial charge in [0.05, 0.1) is 29.9 Å². The molecule has 2 aliphatic rings. The lowest BCUT2D eigenvalue weighted by Gasteiger charge is -2.29. The van der Waals surface area contributed by atoms with Crippen LogP contribution in [0.15, 0.2) is 79.1 Å². The highest BCUT2D eigenvalue weighted by Crippen LogP contribution is 2.42. The van der Waals surface area contributed by atoms with Crippen molar-refractivity contribution in [2.75, 3.05) is 6.54 Å². The highest BCUT2D eigenvalue weighted by Gasteiger charge is 2.42. The third-order valence-corrected chi connectivity index (χ3v) is 7.89. The van der Waals surface area contributed by atoms with E-state index in [1.165, 1.54) is 11.0 Å². The molecule has 0 spiro atoms. The highest BCUT2D eigenvalue weighted by atomic mass is 19.1. The first-order chi connectivity index (χ1) is 18.9. The first-order valence-electron chi connectivity index (χ1n) is 13.4. The maximum Gasteiger partial charge on any atom is 0.246 e. The van der Waals surface area contributed by atoms with Crippen molar-refractivity contribution in [1.29, 1.82) is 0 Å². The van der Waals surface area contributed by atoms with E-state index in [0.29, 0.717) is 11.1 Å². The average molecular weight is 529 g/mol. The molecule has 6 nitrogen and oxygen atoms in total. The maximum atomic E-state index is 15.0. The van der Waals surface area contributed by atoms with Crippen LogP contribution in [0.4, 0.5) is 8.78 Å². The second-order valence-corrected chi connectivity index (χ2v) is 10.6. The molecular formula is C31H30F2N4O2. The van der Waals surface area contributed by atoms with Gasteiger partial charge in [-0.05, 0) is 60.6 Å². The highest BCUT2D eigenvalue weighted by molar-refractivity contribution is 5.91. The topological polar surface area (TPSA) is 67.2 Å². The molecule has 6 rings (SSSR count). The van der Waals surface area contributed by atoms with Crippen LogP contribution in [0.2, 0.25) is 0 Å². The van der Waals surface area contributed by atoms with E-state index in [-0.39, 0.29) is 30.6 Å². The predicted molar refractivity (Wildman–Crippen MR) is 144 cm³/mol. The van der Waals surface area contributed by atoms with Crippen molar-refractivity contribution in [3.8, 4) is 0 Å². The van der Waals surface area contributed by atoms with Gasteiger partial charge in [0, 0.05) is 6.42 Å². The molecule has 1 aromatic heterocycles. The first kappa shape index (κ1) is 25.2. The molecule has 1 aliphatic carbocycles. The lowest BCUT2D eigenvalue weighted by Crippen LogP contribution is -2.48. The van der Waals surface area contributed by atoms with Gasteiger partial charge in [0.1, 0.15) is 24.1 Å². The van der Waals surface area contributed by atoms with Gasteiger partial charge in [0.15, 0.2) is 0 Å². The minimum absolute atomic E-state index is 0.0918. The summed E-state index contributed by atoms with van der Waals surface area (Å²) in [7, 11) is 0. The summed E-state index contributed by atoms with van der Waals surface area (Å²) in [5.74, 6) is -0.840. The lowest BCUT2D eigenvalue weighted by atomic mass is 9.96. The van der Waals surface area contributed by atoms with Crippen molar-refractivity contribution in [2.24, 2.45) is 0 Å². The zero-order chi connectivity index (χ0) is 27.1. The largest absolute Gasteiger partial charge is 0.343 e. The Kier molecular flexibility index (Phi) is 6.62. The van der Waals surface area contributed by atoms with Gasteiger partial charge < -0.3 is 14.8 Å². The number of halogens is 2. The standard InChI is InChI=1S/C31H30F2N4O2/c1-19(37-18-34-26-9-5-6-10-27(26)37)31(39)36-17-23(32)16-28(36)30(38)35-29(21-7-3-2-4-8-21)22-13-14-24(20-11-12-20)25(33)15-22/h2-10,13-15,18-20,23,28-29H,11-12,16-17H2,1H3,(H,35,38)/t19?,23-,28?,29+/m1/s1. The lowest BCUT2D eigenvalue weighted by molar-refractivity contribution is -0.140. The summed E-state index contributed by atoms with van der Waals surface area (Å²) in [4.78, 5) is 33.0. The van der Waals surface area contributed by atoms with Crippen LogP contribution >= 0.6 is 0 Å². The number of benzene rings is 3. The molecule has 3 aromatic carbocycles. The molecule has 1 saturated carbocycles. The summed E-state index contributed by atoms with van der Waals surface area (Å²) < 4.78 is 31.5. The number of para-hydroxylation sites is 2. The van der Waals surface area contributed by atoms with E-state index in [4.69, 9.17) is 0 Å². The molecule has 8 heteroatoms. The Bertz CT molecular complexity index is 1520. The molecular weight excluding hydrogens is 498 g/mol. The van der Waals surface area contributed by atoms with Gasteiger partial charge in [-0.25, -0.2) is 13.8 Å². The Balaban J connectivity index is 1.26. The zero-order valence-corrected chi connectivity index (χ0v) is 21.6. The minimum atomic E-state index is -1.32. The third-order valence-electron chi connectivity index (χ3n) is 7.89. The Morgan fingerprint density at radius 1 is 1.00 bits per heavy atom. The van der Waals surface area contributed by atoms with Gasteiger partial charge in [-0.3, -0.25) is 9.59 Å². The molecule has 1 aliphatic heterocycles. The van der Waals surface area contributed by atoms with Crippen LogP contribution < -0.4 is 5.32 Å². The van der Waals surface area contributed by atoms with Crippen LogP contribution in [-0.4, -0.2) is 45.0 Å². The molecule has 1 N–H and O–H groups in total. The number of fused-ring (bicyclic) bond motifs is 1. The Hall–Kier alpha value is -4.07. The quantitative estimate of drug-likeness (QED) is 0.347. The van der Waals surface area contributed by atoms with E-state index in [0.717, 1.165) is 29.4 Å². The summed E-state index contributed by atoms with van der Waals surface area (Å²) in [6.45, 7) is 1.57. The summed E-state index contributed by atoms with van der Waals surface area (Å²) >= 11 is 0. The summed E-state index contributed by atoms with van der Waals surface area (Å²) in [5, 5.41) is 3.01. The normalized spacial score (nSPS) is 20.6.